The lowest BCUT2D eigenvalue weighted by Crippen LogP contribution is -2.58. The molecule has 8 unspecified atom stereocenters. The van der Waals surface area contributed by atoms with Gasteiger partial charge in [-0.15, -0.1) is 0 Å². The summed E-state index contributed by atoms with van der Waals surface area (Å²) in [5.41, 5.74) is -0.198. The van der Waals surface area contributed by atoms with Crippen molar-refractivity contribution in [3.63, 3.8) is 0 Å². The highest BCUT2D eigenvalue weighted by atomic mass is 31.2. The monoisotopic (exact) mass is 2100 g/mol. The van der Waals surface area contributed by atoms with E-state index in [-0.39, 0.29) is 286 Å². The van der Waals surface area contributed by atoms with E-state index in [0.29, 0.717) is 166 Å². The third-order valence-electron chi connectivity index (χ3n) is 29.0. The molecule has 0 spiro atoms. The van der Waals surface area contributed by atoms with E-state index in [2.05, 4.69) is 89.0 Å². The third kappa shape index (κ3) is 47.6. The molecule has 0 aromatic heterocycles. The lowest BCUT2D eigenvalue weighted by molar-refractivity contribution is -0.255. The summed E-state index contributed by atoms with van der Waals surface area (Å²) in [5, 5.41) is 18.8. The maximum absolute atomic E-state index is 14.8. The Bertz CT molecular complexity index is 4090. The van der Waals surface area contributed by atoms with Crippen molar-refractivity contribution in [2.24, 2.45) is 53.3 Å². The Labute approximate surface area is 883 Å². The van der Waals surface area contributed by atoms with Crippen molar-refractivity contribution in [1.82, 2.24) is 20.6 Å². The van der Waals surface area contributed by atoms with E-state index in [9.17, 15) is 58.0 Å². The SMILES string of the molecule is COc1ccc(C(OCCC(CNC(=O)CCCC(=O)NC(COCCC(=O)CCCCCC(=O)CCCCO[C@@H]2OC(COC(C)=O)[C@H](C)[C@H](C)C2C)(COCCC(=O)CCCCCC(=O)CCCCO[C@@H]2OC(COC(C)=O)[C@H](C)[C@H](C)C2C)COCCC(=O)NCCCCC(=O)CCCCO[C@@H]2OC(COC(C)=O)[C@H](C)[C@H](C)C2C)OP(OCCC#N)N(C(C)C)C(C)C)(c2ccccc2)c2ccc(OC)cc2)cc1. The zero-order chi connectivity index (χ0) is 108. The molecule has 834 valence electrons. The van der Waals surface area contributed by atoms with Gasteiger partial charge < -0.3 is 96.1 Å². The van der Waals surface area contributed by atoms with Gasteiger partial charge in [0.05, 0.1) is 104 Å². The van der Waals surface area contributed by atoms with Gasteiger partial charge in [0, 0.05) is 167 Å². The number of nitriles is 1. The van der Waals surface area contributed by atoms with Gasteiger partial charge in [0.1, 0.15) is 71.4 Å². The van der Waals surface area contributed by atoms with E-state index in [1.807, 2.05) is 107 Å². The smallest absolute Gasteiger partial charge is 0.302 e. The van der Waals surface area contributed by atoms with E-state index in [1.165, 1.54) is 20.8 Å². The Morgan fingerprint density at radius 2 is 0.750 bits per heavy atom. The van der Waals surface area contributed by atoms with Gasteiger partial charge in [-0.05, 0) is 194 Å². The fourth-order valence-electron chi connectivity index (χ4n) is 18.8. The molecule has 148 heavy (non-hydrogen) atoms. The van der Waals surface area contributed by atoms with Crippen LogP contribution >= 0.6 is 8.53 Å². The van der Waals surface area contributed by atoms with E-state index >= 15 is 0 Å². The molecule has 3 aromatic carbocycles. The minimum Gasteiger partial charge on any atom is -0.497 e. The summed E-state index contributed by atoms with van der Waals surface area (Å²) in [6.07, 6.45) is 8.81. The Kier molecular flexibility index (Phi) is 62.2. The van der Waals surface area contributed by atoms with Crippen LogP contribution in [0.2, 0.25) is 0 Å². The molecule has 0 bridgehead atoms. The second-order valence-electron chi connectivity index (χ2n) is 41.2. The van der Waals surface area contributed by atoms with Crippen LogP contribution in [0.5, 0.6) is 11.5 Å². The molecule has 3 heterocycles. The van der Waals surface area contributed by atoms with Crippen LogP contribution in [0.1, 0.15) is 320 Å². The van der Waals surface area contributed by atoms with Gasteiger partial charge in [-0.25, -0.2) is 4.67 Å². The van der Waals surface area contributed by atoms with Crippen molar-refractivity contribution in [2.75, 3.05) is 120 Å². The van der Waals surface area contributed by atoms with Crippen LogP contribution in [0.25, 0.3) is 0 Å². The van der Waals surface area contributed by atoms with Crippen LogP contribution in [0.15, 0.2) is 78.9 Å². The number of hydrogen-bond donors (Lipinski definition) is 3. The zero-order valence-electron chi connectivity index (χ0n) is 92.2. The van der Waals surface area contributed by atoms with Crippen LogP contribution in [0.4, 0.5) is 0 Å². The Morgan fingerprint density at radius 1 is 0.392 bits per heavy atom. The molecule has 0 saturated carbocycles. The van der Waals surface area contributed by atoms with Gasteiger partial charge in [-0.3, -0.25) is 52.7 Å². The predicted octanol–water partition coefficient (Wildman–Crippen LogP) is 18.6. The highest BCUT2D eigenvalue weighted by Gasteiger charge is 2.45. The summed E-state index contributed by atoms with van der Waals surface area (Å²) < 4.78 is 106. The molecule has 3 saturated heterocycles. The molecule has 34 heteroatoms. The molecule has 33 nitrogen and oxygen atoms in total. The topological polar surface area (TPSA) is 408 Å². The summed E-state index contributed by atoms with van der Waals surface area (Å²) in [6, 6.07) is 27.4. The number of ether oxygens (including phenoxy) is 15. The summed E-state index contributed by atoms with van der Waals surface area (Å²) in [6.45, 7) is 32.6. The summed E-state index contributed by atoms with van der Waals surface area (Å²) in [4.78, 5) is 144. The number of amides is 3. The number of ketones is 5. The van der Waals surface area contributed by atoms with E-state index < -0.39 is 50.5 Å². The van der Waals surface area contributed by atoms with Crippen LogP contribution in [-0.2, 0) is 129 Å². The van der Waals surface area contributed by atoms with Crippen LogP contribution in [-0.4, -0.2) is 250 Å². The Balaban J connectivity index is 1.13. The van der Waals surface area contributed by atoms with Gasteiger partial charge in [0.15, 0.2) is 18.9 Å². The Morgan fingerprint density at radius 3 is 1.13 bits per heavy atom. The van der Waals surface area contributed by atoms with Crippen molar-refractivity contribution >= 4 is 73.1 Å². The standard InChI is InChI=1S/C114H180N5O28P/c1-79(2)119(80(3)4)148(143-67-37-62-115)147-103(60-71-142-114(93-38-22-19-23-39-93,94-50-54-101(131-17)55-51-94)95-52-56-102(132-18)57-53-95)72-117-107(128)48-36-49-109(130)118-113(76-133-68-58-99(126)42-26-20-24-40-96(123)45-29-33-64-136-110-87(11)81(5)84(8)104(144-110)73-139-90(14)120,77-134-69-59-100(127)43-27-21-25-41-97(124)46-30-34-65-137-111-88(12)82(6)85(9)105(145-111)74-140-91(15)121)78-135-70-61-108(129)116-63-32-28-44-98(125)47-31-35-66-138-112-89(13)83(7)86(10)106(146-112)75-141-92(16)122/h19,22-23,38-39,50-57,79-89,103-106,110-112H,20-21,24-37,40-49,58-61,63-78H2,1-18H3,(H,116,129)(H,117,128)(H,118,130)/t81-,82-,83-,84+,85+,86+,87?,88?,89?,103?,104?,105?,106?,110+,111+,112+,113?,148?/m0/s1. The second-order valence-corrected chi connectivity index (χ2v) is 42.6. The number of hydrogen-bond acceptors (Lipinski definition) is 30. The average Bonchev–Trinajstić information content (AvgIpc) is 0.750. The molecule has 3 aliphatic rings. The molecule has 3 aromatic rings. The maximum Gasteiger partial charge on any atom is 0.302 e. The number of unbranched alkanes of at least 4 members (excludes halogenated alkanes) is 8. The van der Waals surface area contributed by atoms with Gasteiger partial charge >= 0.3 is 17.9 Å². The highest BCUT2D eigenvalue weighted by molar-refractivity contribution is 7.44. The fraction of sp³-hybridized carbons (Fsp3) is 0.737. The number of benzene rings is 3. The van der Waals surface area contributed by atoms with Crippen molar-refractivity contribution < 1.29 is 133 Å². The molecule has 0 radical (unpaired) electrons. The molecular formula is C114H180N5O28P. The van der Waals surface area contributed by atoms with Crippen LogP contribution in [0.3, 0.4) is 0 Å². The van der Waals surface area contributed by atoms with Gasteiger partial charge in [-0.1, -0.05) is 130 Å². The third-order valence-corrected chi connectivity index (χ3v) is 31.1. The van der Waals surface area contributed by atoms with Gasteiger partial charge in [0.2, 0.25) is 17.7 Å². The summed E-state index contributed by atoms with van der Waals surface area (Å²) in [7, 11) is 1.39. The number of carbonyl (C=O) groups is 11. The second kappa shape index (κ2) is 71.7. The highest BCUT2D eigenvalue weighted by Crippen LogP contribution is 2.49. The van der Waals surface area contributed by atoms with E-state index in [0.717, 1.165) is 16.7 Å². The first-order chi connectivity index (χ1) is 70.9. The number of nitrogens with zero attached hydrogens (tertiary/aromatic N) is 2. The molecule has 3 amide bonds. The molecule has 3 fully saturated rings. The van der Waals surface area contributed by atoms with Gasteiger partial charge in [-0.2, -0.15) is 5.26 Å². The minimum atomic E-state index is -1.83. The Hall–Kier alpha value is -8.17. The van der Waals surface area contributed by atoms with Crippen molar-refractivity contribution in [2.45, 2.75) is 370 Å². The average molecular weight is 2100 g/mol. The first-order valence-corrected chi connectivity index (χ1v) is 55.7. The number of esters is 3. The normalized spacial score (nSPS) is 21.8. The number of methoxy groups -OCH3 is 2. The van der Waals surface area contributed by atoms with E-state index in [1.54, 1.807) is 14.2 Å². The number of rotatable bonds is 80. The zero-order valence-corrected chi connectivity index (χ0v) is 93.1. The molecule has 6 rings (SSSR count). The number of Topliss-reactive ketones (excluding diaryl/α,β-unsaturated/α-hetero) is 5. The van der Waals surface area contributed by atoms with Crippen molar-refractivity contribution in [3.8, 4) is 17.6 Å². The summed E-state index contributed by atoms with van der Waals surface area (Å²) in [5.74, 6) is 1.04. The first kappa shape index (κ1) is 128. The lowest BCUT2D eigenvalue weighted by atomic mass is 9.79. The lowest BCUT2D eigenvalue weighted by Gasteiger charge is -2.43. The number of carbonyl (C=O) groups excluding carboxylic acids is 11. The van der Waals surface area contributed by atoms with E-state index in [4.69, 9.17) is 80.1 Å². The quantitative estimate of drug-likeness (QED) is 0.0155. The maximum atomic E-state index is 14.8. The van der Waals surface area contributed by atoms with Crippen LogP contribution in [0, 0.1) is 64.6 Å². The van der Waals surface area contributed by atoms with Crippen molar-refractivity contribution in [3.05, 3.63) is 95.6 Å². The number of nitrogens with one attached hydrogen (secondary N) is 3. The first-order valence-electron chi connectivity index (χ1n) is 54.6. The molecule has 17 atom stereocenters. The van der Waals surface area contributed by atoms with Crippen molar-refractivity contribution in [1.29, 1.82) is 5.26 Å². The minimum absolute atomic E-state index is 0.000430. The molecule has 0 aliphatic carbocycles. The van der Waals surface area contributed by atoms with Crippen LogP contribution < -0.4 is 25.4 Å². The van der Waals surface area contributed by atoms with Gasteiger partial charge in [0.25, 0.3) is 8.53 Å². The largest absolute Gasteiger partial charge is 0.497 e. The molecule has 3 aliphatic heterocycles. The molecule has 3 N–H and O–H groups in total. The summed E-state index contributed by atoms with van der Waals surface area (Å²) >= 11 is 0. The fourth-order valence-corrected chi connectivity index (χ4v) is 20.5. The predicted molar refractivity (Wildman–Crippen MR) is 563 cm³/mol. The molecular weight excluding hydrogens is 1920 g/mol.